The summed E-state index contributed by atoms with van der Waals surface area (Å²) in [4.78, 5) is 38.1. The number of hydrogen-bond donors (Lipinski definition) is 0. The van der Waals surface area contributed by atoms with Crippen molar-refractivity contribution in [3.05, 3.63) is 72.9 Å². The topological polar surface area (TPSA) is 78.9 Å². The lowest BCUT2D eigenvalue weighted by atomic mass is 10.0. The van der Waals surface area contributed by atoms with E-state index >= 15 is 0 Å². The van der Waals surface area contributed by atoms with Crippen LogP contribution in [0, 0.1) is 0 Å². The molecule has 0 aromatic heterocycles. The van der Waals surface area contributed by atoms with Gasteiger partial charge in [0.1, 0.15) is 13.2 Å². The van der Waals surface area contributed by atoms with Crippen molar-refractivity contribution in [2.24, 2.45) is 0 Å². The number of allylic oxidation sites excluding steroid dienone is 12. The number of rotatable bonds is 60. The first-order valence-electron chi connectivity index (χ1n) is 32.9. The molecule has 1 unspecified atom stereocenters. The van der Waals surface area contributed by atoms with E-state index in [2.05, 4.69) is 93.7 Å². The van der Waals surface area contributed by atoms with Crippen LogP contribution in [-0.4, -0.2) is 37.2 Å². The molecule has 0 aromatic rings. The molecule has 6 heteroatoms. The minimum absolute atomic E-state index is 0.0945. The Morgan fingerprint density at radius 1 is 0.276 bits per heavy atom. The van der Waals surface area contributed by atoms with E-state index in [0.717, 1.165) is 77.0 Å². The zero-order valence-corrected chi connectivity index (χ0v) is 50.5. The monoisotopic (exact) mass is 1060 g/mol. The maximum Gasteiger partial charge on any atom is 0.306 e. The molecule has 0 aliphatic rings. The molecule has 0 aliphatic heterocycles. The highest BCUT2D eigenvalue weighted by atomic mass is 16.6. The summed E-state index contributed by atoms with van der Waals surface area (Å²) in [5, 5.41) is 0. The molecule has 76 heavy (non-hydrogen) atoms. The normalized spacial score (nSPS) is 12.5. The molecule has 0 N–H and O–H groups in total. The molecule has 440 valence electrons. The van der Waals surface area contributed by atoms with Gasteiger partial charge in [-0.15, -0.1) is 0 Å². The smallest absolute Gasteiger partial charge is 0.306 e. The van der Waals surface area contributed by atoms with Gasteiger partial charge in [-0.3, -0.25) is 14.4 Å². The van der Waals surface area contributed by atoms with Gasteiger partial charge < -0.3 is 14.2 Å². The Morgan fingerprint density at radius 2 is 0.526 bits per heavy atom. The van der Waals surface area contributed by atoms with Crippen LogP contribution in [0.1, 0.15) is 335 Å². The summed E-state index contributed by atoms with van der Waals surface area (Å²) in [7, 11) is 0. The number of carbonyl (C=O) groups is 3. The van der Waals surface area contributed by atoms with Crippen LogP contribution in [-0.2, 0) is 28.6 Å². The van der Waals surface area contributed by atoms with Crippen LogP contribution in [0.15, 0.2) is 72.9 Å². The third-order valence-corrected chi connectivity index (χ3v) is 14.4. The number of ether oxygens (including phenoxy) is 3. The minimum Gasteiger partial charge on any atom is -0.462 e. The van der Waals surface area contributed by atoms with Gasteiger partial charge in [-0.25, -0.2) is 0 Å². The zero-order chi connectivity index (χ0) is 55.0. The lowest BCUT2D eigenvalue weighted by molar-refractivity contribution is -0.167. The van der Waals surface area contributed by atoms with Crippen molar-refractivity contribution in [1.29, 1.82) is 0 Å². The molecular weight excluding hydrogens is 937 g/mol. The molecule has 0 aromatic carbocycles. The molecule has 0 radical (unpaired) electrons. The number of unbranched alkanes of at least 4 members (excludes halogenated alkanes) is 37. The average molecular weight is 1060 g/mol. The van der Waals surface area contributed by atoms with Crippen LogP contribution in [0.3, 0.4) is 0 Å². The van der Waals surface area contributed by atoms with Crippen molar-refractivity contribution < 1.29 is 28.6 Å². The Balaban J connectivity index is 4.05. The minimum atomic E-state index is -0.801. The maximum absolute atomic E-state index is 12.8. The number of carbonyl (C=O) groups excluding carboxylic acids is 3. The molecule has 0 fully saturated rings. The van der Waals surface area contributed by atoms with E-state index in [4.69, 9.17) is 14.2 Å². The van der Waals surface area contributed by atoms with Crippen molar-refractivity contribution >= 4 is 17.9 Å². The van der Waals surface area contributed by atoms with Gasteiger partial charge in [0.05, 0.1) is 0 Å². The lowest BCUT2D eigenvalue weighted by Gasteiger charge is -2.18. The summed E-state index contributed by atoms with van der Waals surface area (Å²) in [5.74, 6) is -0.946. The van der Waals surface area contributed by atoms with Crippen molar-refractivity contribution in [1.82, 2.24) is 0 Å². The highest BCUT2D eigenvalue weighted by molar-refractivity contribution is 5.71. The highest BCUT2D eigenvalue weighted by Gasteiger charge is 2.19. The van der Waals surface area contributed by atoms with Crippen LogP contribution in [0.5, 0.6) is 0 Å². The van der Waals surface area contributed by atoms with Crippen LogP contribution in [0.25, 0.3) is 0 Å². The quantitative estimate of drug-likeness (QED) is 0.0261. The number of esters is 3. The number of hydrogen-bond acceptors (Lipinski definition) is 6. The van der Waals surface area contributed by atoms with Gasteiger partial charge >= 0.3 is 17.9 Å². The third kappa shape index (κ3) is 61.7. The second kappa shape index (κ2) is 64.4. The maximum atomic E-state index is 12.8. The Labute approximate surface area is 472 Å². The van der Waals surface area contributed by atoms with Crippen molar-refractivity contribution in [2.75, 3.05) is 13.2 Å². The standard InChI is InChI=1S/C70H124O6/c1-4-7-10-13-16-19-21-23-25-27-28-29-30-31-32-33-34-35-36-37-38-39-40-41-42-44-45-47-49-51-54-57-60-63-69(72)75-66-67(65-74-68(71)62-59-56-53-18-15-12-9-6-3)76-70(73)64-61-58-55-52-50-48-46-43-26-24-22-20-17-14-11-8-5-2/h8,11,17,20,24,26-28,46,48,52,55,67H,4-7,9-10,12-16,18-19,21-23,25,29-45,47,49-51,53-54,56-66H2,1-3H3/b11-8-,20-17-,26-24-,28-27-,48-46-,55-52-. The largest absolute Gasteiger partial charge is 0.462 e. The summed E-state index contributed by atoms with van der Waals surface area (Å²) in [6.07, 6.45) is 84.0. The SMILES string of the molecule is CC/C=C\C/C=C\C/C=C\C/C=C\C/C=C\CCCC(=O)OC(COC(=O)CCCCCCCCCC)COC(=O)CCCCCCCCCCCCCCCCCCCCCCC/C=C\CCCCCCCCCC. The van der Waals surface area contributed by atoms with Crippen LogP contribution < -0.4 is 0 Å². The molecular formula is C70H124O6. The molecule has 0 amide bonds. The highest BCUT2D eigenvalue weighted by Crippen LogP contribution is 2.17. The van der Waals surface area contributed by atoms with E-state index in [0.29, 0.717) is 19.3 Å². The second-order valence-corrected chi connectivity index (χ2v) is 22.0. The summed E-state index contributed by atoms with van der Waals surface area (Å²) in [5.41, 5.74) is 0. The first kappa shape index (κ1) is 72.8. The fraction of sp³-hybridized carbons (Fsp3) is 0.786. The molecule has 0 aliphatic carbocycles. The predicted molar refractivity (Wildman–Crippen MR) is 330 cm³/mol. The fourth-order valence-corrected chi connectivity index (χ4v) is 9.54. The Morgan fingerprint density at radius 3 is 0.855 bits per heavy atom. The first-order chi connectivity index (χ1) is 37.5. The molecule has 0 heterocycles. The third-order valence-electron chi connectivity index (χ3n) is 14.4. The molecule has 6 nitrogen and oxygen atoms in total. The van der Waals surface area contributed by atoms with Crippen LogP contribution in [0.2, 0.25) is 0 Å². The van der Waals surface area contributed by atoms with Gasteiger partial charge in [-0.2, -0.15) is 0 Å². The van der Waals surface area contributed by atoms with E-state index in [1.54, 1.807) is 0 Å². The molecule has 0 spiro atoms. The summed E-state index contributed by atoms with van der Waals surface area (Å²) in [6.45, 7) is 6.48. The van der Waals surface area contributed by atoms with E-state index in [1.165, 1.54) is 212 Å². The van der Waals surface area contributed by atoms with Crippen LogP contribution >= 0.6 is 0 Å². The summed E-state index contributed by atoms with van der Waals surface area (Å²) < 4.78 is 16.8. The van der Waals surface area contributed by atoms with Gasteiger partial charge in [0, 0.05) is 19.3 Å². The van der Waals surface area contributed by atoms with E-state index < -0.39 is 6.10 Å². The molecule has 0 rings (SSSR count). The Hall–Kier alpha value is -3.15. The summed E-state index contributed by atoms with van der Waals surface area (Å²) in [6, 6.07) is 0. The van der Waals surface area contributed by atoms with Gasteiger partial charge in [-0.05, 0) is 83.5 Å². The van der Waals surface area contributed by atoms with Gasteiger partial charge in [0.2, 0.25) is 0 Å². The van der Waals surface area contributed by atoms with Crippen molar-refractivity contribution in [3.8, 4) is 0 Å². The van der Waals surface area contributed by atoms with Crippen molar-refractivity contribution in [3.63, 3.8) is 0 Å². The Kier molecular flexibility index (Phi) is 61.7. The summed E-state index contributed by atoms with van der Waals surface area (Å²) >= 11 is 0. The molecule has 0 saturated carbocycles. The average Bonchev–Trinajstić information content (AvgIpc) is 3.42. The fourth-order valence-electron chi connectivity index (χ4n) is 9.54. The van der Waals surface area contributed by atoms with E-state index in [1.807, 2.05) is 0 Å². The predicted octanol–water partition coefficient (Wildman–Crippen LogP) is 22.5. The molecule has 0 saturated heterocycles. The lowest BCUT2D eigenvalue weighted by Crippen LogP contribution is -2.30. The zero-order valence-electron chi connectivity index (χ0n) is 50.5. The van der Waals surface area contributed by atoms with E-state index in [-0.39, 0.29) is 37.5 Å². The van der Waals surface area contributed by atoms with Gasteiger partial charge in [-0.1, -0.05) is 306 Å². The molecule has 0 bridgehead atoms. The van der Waals surface area contributed by atoms with Gasteiger partial charge in [0.25, 0.3) is 0 Å². The van der Waals surface area contributed by atoms with Crippen LogP contribution in [0.4, 0.5) is 0 Å². The second-order valence-electron chi connectivity index (χ2n) is 22.0. The first-order valence-corrected chi connectivity index (χ1v) is 32.9. The van der Waals surface area contributed by atoms with Crippen molar-refractivity contribution in [2.45, 2.75) is 341 Å². The molecule has 1 atom stereocenters. The van der Waals surface area contributed by atoms with Gasteiger partial charge in [0.15, 0.2) is 6.10 Å². The van der Waals surface area contributed by atoms with E-state index in [9.17, 15) is 14.4 Å². The Bertz CT molecular complexity index is 1400.